The summed E-state index contributed by atoms with van der Waals surface area (Å²) in [6.07, 6.45) is 0.715. The molecule has 5 aromatic rings. The van der Waals surface area contributed by atoms with E-state index in [-0.39, 0.29) is 24.8 Å². The molecular formula is C31H34Cl2SiZr-2. The molecule has 0 unspecified atom stereocenters. The van der Waals surface area contributed by atoms with Crippen LogP contribution in [0.4, 0.5) is 0 Å². The SMILES string of the molecule is Cc1cc2c(C)c(C)ccc2[cH-]1.Cc1cc2c(C)c(C)ccc2[cH-]1.[Cl-].[Cl-].[Zr+2]=[SiH]Cc1ccccc1. The molecule has 0 amide bonds. The zero-order valence-corrected chi connectivity index (χ0v) is 26.7. The first-order valence-corrected chi connectivity index (χ1v) is 17.2. The van der Waals surface area contributed by atoms with E-state index in [1.54, 1.807) is 23.3 Å². The molecule has 0 nitrogen and oxygen atoms in total. The fourth-order valence-corrected chi connectivity index (χ4v) is 6.36. The molecule has 0 bridgehead atoms. The topological polar surface area (TPSA) is 0 Å². The third kappa shape index (κ3) is 8.57. The van der Waals surface area contributed by atoms with Gasteiger partial charge in [0.05, 0.1) is 0 Å². The zero-order chi connectivity index (χ0) is 24.0. The Morgan fingerprint density at radius 3 is 1.46 bits per heavy atom. The third-order valence-corrected chi connectivity index (χ3v) is 8.51. The second-order valence-corrected chi connectivity index (χ2v) is 12.8. The van der Waals surface area contributed by atoms with Crippen LogP contribution in [0.25, 0.3) is 21.5 Å². The van der Waals surface area contributed by atoms with Crippen LogP contribution in [-0.2, 0) is 29.4 Å². The predicted molar refractivity (Wildman–Crippen MR) is 145 cm³/mol. The van der Waals surface area contributed by atoms with Crippen LogP contribution in [-0.4, -0.2) is 6.16 Å². The normalized spacial score (nSPS) is 9.83. The van der Waals surface area contributed by atoms with Crippen molar-refractivity contribution in [3.8, 4) is 0 Å². The Kier molecular flexibility index (Phi) is 13.5. The van der Waals surface area contributed by atoms with Gasteiger partial charge in [0.2, 0.25) is 0 Å². The summed E-state index contributed by atoms with van der Waals surface area (Å²) in [5.41, 5.74) is 9.82. The van der Waals surface area contributed by atoms with Gasteiger partial charge in [-0.15, -0.1) is 69.1 Å². The quantitative estimate of drug-likeness (QED) is 0.216. The van der Waals surface area contributed by atoms with Crippen LogP contribution in [0.3, 0.4) is 0 Å². The van der Waals surface area contributed by atoms with Crippen molar-refractivity contribution in [2.75, 3.05) is 0 Å². The number of hydrogen-bond acceptors (Lipinski definition) is 0. The Morgan fingerprint density at radius 1 is 0.629 bits per heavy atom. The average molecular weight is 597 g/mol. The second kappa shape index (κ2) is 15.0. The van der Waals surface area contributed by atoms with Crippen LogP contribution in [0, 0.1) is 41.5 Å². The average Bonchev–Trinajstić information content (AvgIpc) is 3.38. The Bertz CT molecular complexity index is 1280. The molecular weight excluding hydrogens is 563 g/mol. The Labute approximate surface area is 239 Å². The van der Waals surface area contributed by atoms with E-state index < -0.39 is 0 Å². The van der Waals surface area contributed by atoms with Gasteiger partial charge < -0.3 is 24.8 Å². The van der Waals surface area contributed by atoms with Crippen molar-refractivity contribution in [3.63, 3.8) is 0 Å². The van der Waals surface area contributed by atoms with E-state index in [9.17, 15) is 0 Å². The van der Waals surface area contributed by atoms with Gasteiger partial charge in [-0.1, -0.05) is 36.1 Å². The van der Waals surface area contributed by atoms with Gasteiger partial charge in [0.25, 0.3) is 0 Å². The molecule has 5 rings (SSSR count). The number of halogens is 2. The van der Waals surface area contributed by atoms with Crippen molar-refractivity contribution in [1.29, 1.82) is 0 Å². The maximum atomic E-state index is 2.26. The first kappa shape index (κ1) is 31.6. The molecule has 0 spiro atoms. The van der Waals surface area contributed by atoms with Gasteiger partial charge in [-0.25, -0.2) is 0 Å². The first-order valence-electron chi connectivity index (χ1n) is 11.6. The van der Waals surface area contributed by atoms with Gasteiger partial charge in [-0.3, -0.25) is 0 Å². The zero-order valence-electron chi connectivity index (χ0n) is 21.5. The molecule has 0 atom stereocenters. The minimum atomic E-state index is 0. The van der Waals surface area contributed by atoms with Crippen molar-refractivity contribution in [1.82, 2.24) is 0 Å². The molecule has 0 aromatic heterocycles. The number of benzene rings is 3. The molecule has 182 valence electrons. The van der Waals surface area contributed by atoms with Crippen LogP contribution < -0.4 is 24.8 Å². The molecule has 0 aliphatic heterocycles. The van der Waals surface area contributed by atoms with E-state index in [2.05, 4.69) is 120 Å². The van der Waals surface area contributed by atoms with Gasteiger partial charge in [-0.2, -0.15) is 12.1 Å². The van der Waals surface area contributed by atoms with E-state index in [4.69, 9.17) is 0 Å². The van der Waals surface area contributed by atoms with E-state index in [1.807, 2.05) is 0 Å². The fourth-order valence-electron chi connectivity index (χ4n) is 4.11. The molecule has 35 heavy (non-hydrogen) atoms. The Balaban J connectivity index is 0.000000258. The van der Waals surface area contributed by atoms with E-state index in [0.717, 1.165) is 0 Å². The summed E-state index contributed by atoms with van der Waals surface area (Å²) in [7, 11) is 0. The van der Waals surface area contributed by atoms with Crippen molar-refractivity contribution >= 4 is 27.7 Å². The second-order valence-electron chi connectivity index (χ2n) is 8.98. The molecule has 0 saturated carbocycles. The molecule has 0 aliphatic carbocycles. The van der Waals surface area contributed by atoms with E-state index in [0.29, 0.717) is 6.16 Å². The summed E-state index contributed by atoms with van der Waals surface area (Å²) in [5.74, 6) is 0. The summed E-state index contributed by atoms with van der Waals surface area (Å²) < 4.78 is 0. The minimum absolute atomic E-state index is 0. The predicted octanol–water partition coefficient (Wildman–Crippen LogP) is 2.06. The first-order chi connectivity index (χ1) is 15.8. The van der Waals surface area contributed by atoms with Crippen LogP contribution in [0.2, 0.25) is 0 Å². The molecule has 0 fully saturated rings. The van der Waals surface area contributed by atoms with E-state index >= 15 is 0 Å². The van der Waals surface area contributed by atoms with Crippen LogP contribution in [0.5, 0.6) is 0 Å². The van der Waals surface area contributed by atoms with Crippen LogP contribution in [0.15, 0.2) is 78.9 Å². The molecule has 0 aliphatic rings. The fraction of sp³-hybridized carbons (Fsp3) is 0.226. The van der Waals surface area contributed by atoms with E-state index in [1.165, 1.54) is 66.5 Å². The van der Waals surface area contributed by atoms with Crippen molar-refractivity contribution < 1.29 is 48.1 Å². The van der Waals surface area contributed by atoms with Gasteiger partial charge in [0, 0.05) is 0 Å². The third-order valence-electron chi connectivity index (χ3n) is 6.33. The number of fused-ring (bicyclic) bond motifs is 2. The number of hydrogen-bond donors (Lipinski definition) is 0. The van der Waals surface area contributed by atoms with Gasteiger partial charge in [0.1, 0.15) is 0 Å². The molecule has 4 heteroatoms. The summed E-state index contributed by atoms with van der Waals surface area (Å²) in [4.78, 5) is 0. The maximum absolute atomic E-state index is 2.26. The Hall–Kier alpha value is -1.44. The monoisotopic (exact) mass is 594 g/mol. The van der Waals surface area contributed by atoms with Crippen LogP contribution >= 0.6 is 0 Å². The van der Waals surface area contributed by atoms with Crippen molar-refractivity contribution in [3.05, 3.63) is 118 Å². The summed E-state index contributed by atoms with van der Waals surface area (Å²) in [6.45, 7) is 13.0. The van der Waals surface area contributed by atoms with Crippen molar-refractivity contribution in [2.24, 2.45) is 0 Å². The number of rotatable bonds is 2. The molecule has 0 heterocycles. The molecule has 0 radical (unpaired) electrons. The van der Waals surface area contributed by atoms with Gasteiger partial charge >= 0.3 is 71.4 Å². The molecule has 5 aromatic carbocycles. The Morgan fingerprint density at radius 2 is 1.06 bits per heavy atom. The number of aryl methyl sites for hydroxylation is 6. The molecule has 0 N–H and O–H groups in total. The molecule has 0 saturated heterocycles. The van der Waals surface area contributed by atoms with Gasteiger partial charge in [0.15, 0.2) is 0 Å². The standard InChI is InChI=1S/2C12H13.C7H8Si.2ClH.Zr/c2*1-8-6-11-5-4-9(2)10(3)12(11)7-8;8-6-7-4-2-1-3-5-7;;;/h2*4-7H,1-3H3;1-5,8H,6H2;2*1H;/q2*-1;;;;+2/p-2. The van der Waals surface area contributed by atoms with Crippen molar-refractivity contribution in [2.45, 2.75) is 47.6 Å². The van der Waals surface area contributed by atoms with Gasteiger partial charge in [-0.05, 0) is 27.7 Å². The summed E-state index contributed by atoms with van der Waals surface area (Å²) >= 11 is 1.72. The summed E-state index contributed by atoms with van der Waals surface area (Å²) in [5, 5.41) is 5.56. The van der Waals surface area contributed by atoms with Crippen LogP contribution in [0.1, 0.15) is 38.9 Å². The summed E-state index contributed by atoms with van der Waals surface area (Å²) in [6, 6.07) is 29.8.